The normalized spacial score (nSPS) is 23.1. The molecule has 2 rings (SSSR count). The number of benzene rings is 1. The molecule has 4 nitrogen and oxygen atoms in total. The average molecular weight is 289 g/mol. The van der Waals surface area contributed by atoms with Gasteiger partial charge in [-0.1, -0.05) is 24.6 Å². The molecule has 1 aromatic carbocycles. The van der Waals surface area contributed by atoms with Crippen molar-refractivity contribution in [1.29, 1.82) is 0 Å². The first-order valence-corrected chi connectivity index (χ1v) is 7.78. The van der Waals surface area contributed by atoms with E-state index in [-0.39, 0.29) is 9.92 Å². The third kappa shape index (κ3) is 3.03. The average Bonchev–Trinajstić information content (AvgIpc) is 3.02. The van der Waals surface area contributed by atoms with Crippen LogP contribution in [0.1, 0.15) is 18.9 Å². The number of sulfonamides is 1. The van der Waals surface area contributed by atoms with E-state index in [1.807, 2.05) is 0 Å². The number of rotatable bonds is 5. The zero-order chi connectivity index (χ0) is 13.3. The van der Waals surface area contributed by atoms with Crippen molar-refractivity contribution in [2.45, 2.75) is 24.8 Å². The number of hydrogen-bond acceptors (Lipinski definition) is 3. The highest BCUT2D eigenvalue weighted by molar-refractivity contribution is 7.89. The fourth-order valence-corrected chi connectivity index (χ4v) is 3.53. The van der Waals surface area contributed by atoms with E-state index in [0.717, 1.165) is 12.0 Å². The standard InChI is InChI=1S/C12H17ClN2O2S/c1-8-4-10(8)7-15-18(16,17)12-3-2-9(6-14)5-11(12)13/h2-3,5,8,10,15H,4,6-7,14H2,1H3. The van der Waals surface area contributed by atoms with Gasteiger partial charge in [-0.05, 0) is 36.0 Å². The zero-order valence-electron chi connectivity index (χ0n) is 10.2. The third-order valence-corrected chi connectivity index (χ3v) is 5.24. The maximum atomic E-state index is 12.1. The van der Waals surface area contributed by atoms with Crippen molar-refractivity contribution >= 4 is 21.6 Å². The molecule has 0 aromatic heterocycles. The van der Waals surface area contributed by atoms with Gasteiger partial charge >= 0.3 is 0 Å². The molecule has 100 valence electrons. The molecular formula is C12H17ClN2O2S. The van der Waals surface area contributed by atoms with Gasteiger partial charge in [0.2, 0.25) is 10.0 Å². The summed E-state index contributed by atoms with van der Waals surface area (Å²) in [6.07, 6.45) is 1.09. The fourth-order valence-electron chi connectivity index (χ4n) is 1.87. The van der Waals surface area contributed by atoms with Crippen LogP contribution in [0.2, 0.25) is 5.02 Å². The summed E-state index contributed by atoms with van der Waals surface area (Å²) >= 11 is 5.98. The predicted octanol–water partition coefficient (Wildman–Crippen LogP) is 1.73. The van der Waals surface area contributed by atoms with Gasteiger partial charge in [0.25, 0.3) is 0 Å². The molecule has 0 saturated heterocycles. The Balaban J connectivity index is 2.13. The molecule has 1 aliphatic carbocycles. The van der Waals surface area contributed by atoms with Gasteiger partial charge in [0.1, 0.15) is 4.90 Å². The third-order valence-electron chi connectivity index (χ3n) is 3.33. The summed E-state index contributed by atoms with van der Waals surface area (Å²) in [5, 5.41) is 0.217. The second-order valence-corrected chi connectivity index (χ2v) is 6.94. The molecule has 1 fully saturated rings. The first-order valence-electron chi connectivity index (χ1n) is 5.92. The Morgan fingerprint density at radius 1 is 1.50 bits per heavy atom. The lowest BCUT2D eigenvalue weighted by atomic mass is 10.2. The molecule has 1 aliphatic rings. The Bertz CT molecular complexity index is 545. The predicted molar refractivity (Wildman–Crippen MR) is 71.8 cm³/mol. The van der Waals surface area contributed by atoms with Gasteiger partial charge in [-0.15, -0.1) is 0 Å². The zero-order valence-corrected chi connectivity index (χ0v) is 11.8. The summed E-state index contributed by atoms with van der Waals surface area (Å²) < 4.78 is 26.7. The van der Waals surface area contributed by atoms with Crippen molar-refractivity contribution in [3.8, 4) is 0 Å². The molecule has 1 aromatic rings. The Hall–Kier alpha value is -0.620. The molecular weight excluding hydrogens is 272 g/mol. The van der Waals surface area contributed by atoms with Crippen LogP contribution < -0.4 is 10.5 Å². The second-order valence-electron chi connectivity index (χ2n) is 4.79. The Morgan fingerprint density at radius 2 is 2.17 bits per heavy atom. The summed E-state index contributed by atoms with van der Waals surface area (Å²) in [5.74, 6) is 1.07. The topological polar surface area (TPSA) is 72.2 Å². The smallest absolute Gasteiger partial charge is 0.242 e. The van der Waals surface area contributed by atoms with Crippen LogP contribution in [-0.2, 0) is 16.6 Å². The van der Waals surface area contributed by atoms with E-state index in [9.17, 15) is 8.42 Å². The molecule has 2 atom stereocenters. The van der Waals surface area contributed by atoms with Crippen LogP contribution in [0.25, 0.3) is 0 Å². The fraction of sp³-hybridized carbons (Fsp3) is 0.500. The molecule has 0 bridgehead atoms. The quantitative estimate of drug-likeness (QED) is 0.867. The van der Waals surface area contributed by atoms with Crippen molar-refractivity contribution in [3.05, 3.63) is 28.8 Å². The van der Waals surface area contributed by atoms with Crippen LogP contribution in [0.15, 0.2) is 23.1 Å². The molecule has 3 N–H and O–H groups in total. The minimum Gasteiger partial charge on any atom is -0.326 e. The molecule has 6 heteroatoms. The van der Waals surface area contributed by atoms with Crippen LogP contribution in [0, 0.1) is 11.8 Å². The molecule has 0 aliphatic heterocycles. The lowest BCUT2D eigenvalue weighted by molar-refractivity contribution is 0.574. The van der Waals surface area contributed by atoms with Gasteiger partial charge in [-0.2, -0.15) is 0 Å². The van der Waals surface area contributed by atoms with Gasteiger partial charge < -0.3 is 5.73 Å². The van der Waals surface area contributed by atoms with Gasteiger partial charge in [0, 0.05) is 13.1 Å². The number of halogens is 1. The van der Waals surface area contributed by atoms with Gasteiger partial charge in [0.15, 0.2) is 0 Å². The summed E-state index contributed by atoms with van der Waals surface area (Å²) in [6.45, 7) is 2.94. The van der Waals surface area contributed by atoms with E-state index in [0.29, 0.717) is 24.9 Å². The van der Waals surface area contributed by atoms with Crippen molar-refractivity contribution in [2.24, 2.45) is 17.6 Å². The van der Waals surface area contributed by atoms with E-state index in [2.05, 4.69) is 11.6 Å². The highest BCUT2D eigenvalue weighted by atomic mass is 35.5. The monoisotopic (exact) mass is 288 g/mol. The van der Waals surface area contributed by atoms with Crippen LogP contribution in [0.4, 0.5) is 0 Å². The van der Waals surface area contributed by atoms with Crippen LogP contribution in [0.5, 0.6) is 0 Å². The Morgan fingerprint density at radius 3 is 2.67 bits per heavy atom. The Kier molecular flexibility index (Phi) is 3.96. The van der Waals surface area contributed by atoms with Crippen LogP contribution in [0.3, 0.4) is 0 Å². The number of nitrogens with two attached hydrogens (primary N) is 1. The maximum Gasteiger partial charge on any atom is 0.242 e. The highest BCUT2D eigenvalue weighted by Crippen LogP contribution is 2.37. The van der Waals surface area contributed by atoms with E-state index >= 15 is 0 Å². The van der Waals surface area contributed by atoms with Crippen molar-refractivity contribution in [3.63, 3.8) is 0 Å². The molecule has 0 heterocycles. The van der Waals surface area contributed by atoms with E-state index in [1.165, 1.54) is 6.07 Å². The summed E-state index contributed by atoms with van der Waals surface area (Å²) in [6, 6.07) is 4.78. The summed E-state index contributed by atoms with van der Waals surface area (Å²) in [5.41, 5.74) is 6.29. The van der Waals surface area contributed by atoms with Crippen molar-refractivity contribution in [2.75, 3.05) is 6.54 Å². The van der Waals surface area contributed by atoms with Crippen molar-refractivity contribution in [1.82, 2.24) is 4.72 Å². The summed E-state index contributed by atoms with van der Waals surface area (Å²) in [7, 11) is -3.52. The van der Waals surface area contributed by atoms with Crippen LogP contribution >= 0.6 is 11.6 Å². The Labute approximate surface area is 113 Å². The molecule has 0 spiro atoms. The number of hydrogen-bond donors (Lipinski definition) is 2. The first kappa shape index (κ1) is 13.8. The van der Waals surface area contributed by atoms with Crippen LogP contribution in [-0.4, -0.2) is 15.0 Å². The molecule has 1 saturated carbocycles. The van der Waals surface area contributed by atoms with E-state index in [1.54, 1.807) is 12.1 Å². The molecule has 0 amide bonds. The van der Waals surface area contributed by atoms with E-state index < -0.39 is 10.0 Å². The largest absolute Gasteiger partial charge is 0.326 e. The molecule has 2 unspecified atom stereocenters. The molecule has 18 heavy (non-hydrogen) atoms. The minimum absolute atomic E-state index is 0.120. The van der Waals surface area contributed by atoms with E-state index in [4.69, 9.17) is 17.3 Å². The van der Waals surface area contributed by atoms with Gasteiger partial charge in [-0.3, -0.25) is 0 Å². The van der Waals surface area contributed by atoms with Gasteiger partial charge in [0.05, 0.1) is 5.02 Å². The van der Waals surface area contributed by atoms with Crippen molar-refractivity contribution < 1.29 is 8.42 Å². The first-order chi connectivity index (χ1) is 8.44. The molecule has 0 radical (unpaired) electrons. The lowest BCUT2D eigenvalue weighted by Crippen LogP contribution is -2.26. The maximum absolute atomic E-state index is 12.1. The SMILES string of the molecule is CC1CC1CNS(=O)(=O)c1ccc(CN)cc1Cl. The van der Waals surface area contributed by atoms with Gasteiger partial charge in [-0.25, -0.2) is 13.1 Å². The summed E-state index contributed by atoms with van der Waals surface area (Å²) in [4.78, 5) is 0.120. The second kappa shape index (κ2) is 5.17. The minimum atomic E-state index is -3.52. The highest BCUT2D eigenvalue weighted by Gasteiger charge is 2.33. The lowest BCUT2D eigenvalue weighted by Gasteiger charge is -2.09. The number of nitrogens with one attached hydrogen (secondary N) is 1.